The molecule has 0 aromatic heterocycles. The molecule has 3 aromatic carbocycles. The standard InChI is InChI=1S/C24H21Cl2F2N3O3S/c1-35(33,34)31(20-11-18(27)10-19(28)12-20)21-13-30(23(21)24(29)32)22(14-2-6-16(25)7-3-14)15-4-8-17(26)9-5-15/h2-12,21-23H,13H2,1H3,(H2,29,32). The number of carbonyl (C=O) groups excluding carboxylic acids is 1. The molecule has 0 spiro atoms. The fourth-order valence-corrected chi connectivity index (χ4v) is 5.91. The molecule has 0 aliphatic carbocycles. The number of nitrogens with zero attached hydrogens (tertiary/aromatic N) is 2. The third-order valence-corrected chi connectivity index (χ3v) is 7.57. The minimum atomic E-state index is -4.04. The summed E-state index contributed by atoms with van der Waals surface area (Å²) in [6.07, 6.45) is 0.909. The number of anilines is 1. The first kappa shape index (κ1) is 25.4. The summed E-state index contributed by atoms with van der Waals surface area (Å²) in [5.41, 5.74) is 7.08. The number of hydrogen-bond donors (Lipinski definition) is 1. The van der Waals surface area contributed by atoms with Gasteiger partial charge in [-0.15, -0.1) is 0 Å². The highest BCUT2D eigenvalue weighted by molar-refractivity contribution is 7.92. The first-order chi connectivity index (χ1) is 16.5. The highest BCUT2D eigenvalue weighted by Crippen LogP contribution is 2.40. The summed E-state index contributed by atoms with van der Waals surface area (Å²) in [6, 6.07) is 13.9. The van der Waals surface area contributed by atoms with Gasteiger partial charge in [-0.25, -0.2) is 17.2 Å². The molecule has 2 N–H and O–H groups in total. The van der Waals surface area contributed by atoms with Crippen molar-refractivity contribution in [2.24, 2.45) is 5.73 Å². The van der Waals surface area contributed by atoms with Crippen LogP contribution in [0.15, 0.2) is 66.7 Å². The summed E-state index contributed by atoms with van der Waals surface area (Å²) in [6.45, 7) is 0.0642. The third-order valence-electron chi connectivity index (χ3n) is 5.87. The Kier molecular flexibility index (Phi) is 7.06. The third kappa shape index (κ3) is 5.28. The number of hydrogen-bond acceptors (Lipinski definition) is 4. The predicted molar refractivity (Wildman–Crippen MR) is 132 cm³/mol. The highest BCUT2D eigenvalue weighted by Gasteiger charge is 2.52. The molecule has 4 rings (SSSR count). The second-order valence-corrected chi connectivity index (χ2v) is 11.0. The number of likely N-dealkylation sites (tertiary alicyclic amines) is 1. The normalized spacial score (nSPS) is 18.3. The SMILES string of the molecule is CS(=O)(=O)N(c1cc(F)cc(F)c1)C1CN(C(c2ccc(Cl)cc2)c2ccc(Cl)cc2)C1C(N)=O. The summed E-state index contributed by atoms with van der Waals surface area (Å²) in [5.74, 6) is -2.67. The van der Waals surface area contributed by atoms with Crippen LogP contribution in [0, 0.1) is 11.6 Å². The van der Waals surface area contributed by atoms with Crippen LogP contribution in [0.2, 0.25) is 10.0 Å². The average molecular weight is 540 g/mol. The van der Waals surface area contributed by atoms with E-state index in [1.807, 2.05) is 0 Å². The molecule has 1 heterocycles. The second-order valence-electron chi connectivity index (χ2n) is 8.30. The molecule has 0 radical (unpaired) electrons. The van der Waals surface area contributed by atoms with Crippen molar-refractivity contribution in [2.45, 2.75) is 18.1 Å². The topological polar surface area (TPSA) is 83.7 Å². The molecule has 11 heteroatoms. The van der Waals surface area contributed by atoms with Crippen molar-refractivity contribution in [2.75, 3.05) is 17.1 Å². The largest absolute Gasteiger partial charge is 0.368 e. The van der Waals surface area contributed by atoms with E-state index in [9.17, 15) is 22.0 Å². The molecule has 1 aliphatic heterocycles. The molecule has 1 amide bonds. The minimum absolute atomic E-state index is 0.0642. The van der Waals surface area contributed by atoms with Crippen molar-refractivity contribution in [3.8, 4) is 0 Å². The molecule has 0 bridgehead atoms. The number of sulfonamides is 1. The summed E-state index contributed by atoms with van der Waals surface area (Å²) in [7, 11) is -4.04. The Morgan fingerprint density at radius 2 is 1.43 bits per heavy atom. The van der Waals surface area contributed by atoms with Crippen LogP contribution in [0.3, 0.4) is 0 Å². The average Bonchev–Trinajstić information content (AvgIpc) is 2.72. The van der Waals surface area contributed by atoms with Gasteiger partial charge >= 0.3 is 0 Å². The van der Waals surface area contributed by atoms with Crippen molar-refractivity contribution in [3.05, 3.63) is 99.5 Å². The molecule has 0 saturated carbocycles. The first-order valence-electron chi connectivity index (χ1n) is 10.5. The van der Waals surface area contributed by atoms with Crippen LogP contribution in [0.1, 0.15) is 17.2 Å². The maximum absolute atomic E-state index is 13.9. The Balaban J connectivity index is 1.78. The number of rotatable bonds is 7. The molecule has 2 atom stereocenters. The van der Waals surface area contributed by atoms with E-state index in [1.165, 1.54) is 0 Å². The van der Waals surface area contributed by atoms with Crippen molar-refractivity contribution >= 4 is 44.8 Å². The molecule has 184 valence electrons. The van der Waals surface area contributed by atoms with E-state index in [0.29, 0.717) is 16.1 Å². The minimum Gasteiger partial charge on any atom is -0.368 e. The van der Waals surface area contributed by atoms with Crippen LogP contribution in [-0.2, 0) is 14.8 Å². The maximum atomic E-state index is 13.9. The van der Waals surface area contributed by atoms with Crippen LogP contribution < -0.4 is 10.0 Å². The number of amides is 1. The van der Waals surface area contributed by atoms with Gasteiger partial charge in [0.1, 0.15) is 17.7 Å². The van der Waals surface area contributed by atoms with Crippen LogP contribution in [0.4, 0.5) is 14.5 Å². The van der Waals surface area contributed by atoms with Crippen molar-refractivity contribution in [1.82, 2.24) is 4.90 Å². The van der Waals surface area contributed by atoms with Gasteiger partial charge in [-0.2, -0.15) is 0 Å². The lowest BCUT2D eigenvalue weighted by Gasteiger charge is -2.53. The van der Waals surface area contributed by atoms with Gasteiger partial charge in [0.25, 0.3) is 0 Å². The Hall–Kier alpha value is -2.72. The van der Waals surface area contributed by atoms with Crippen LogP contribution in [-0.4, -0.2) is 44.1 Å². The molecule has 3 aromatic rings. The van der Waals surface area contributed by atoms with E-state index in [1.54, 1.807) is 53.4 Å². The zero-order valence-corrected chi connectivity index (χ0v) is 20.7. The fraction of sp³-hybridized carbons (Fsp3) is 0.208. The summed E-state index contributed by atoms with van der Waals surface area (Å²) in [5, 5.41) is 1.04. The van der Waals surface area contributed by atoms with E-state index in [0.717, 1.165) is 33.8 Å². The molecule has 1 fully saturated rings. The van der Waals surface area contributed by atoms with E-state index >= 15 is 0 Å². The Morgan fingerprint density at radius 1 is 0.971 bits per heavy atom. The van der Waals surface area contributed by atoms with Crippen molar-refractivity contribution in [3.63, 3.8) is 0 Å². The van der Waals surface area contributed by atoms with E-state index in [-0.39, 0.29) is 12.2 Å². The zero-order chi connectivity index (χ0) is 25.5. The predicted octanol–water partition coefficient (Wildman–Crippen LogP) is 4.37. The van der Waals surface area contributed by atoms with E-state index in [2.05, 4.69) is 0 Å². The summed E-state index contributed by atoms with van der Waals surface area (Å²) in [4.78, 5) is 14.4. The van der Waals surface area contributed by atoms with Gasteiger partial charge < -0.3 is 5.73 Å². The van der Waals surface area contributed by atoms with E-state index < -0.39 is 45.7 Å². The van der Waals surface area contributed by atoms with Gasteiger partial charge in [-0.05, 0) is 47.5 Å². The monoisotopic (exact) mass is 539 g/mol. The second kappa shape index (κ2) is 9.73. The van der Waals surface area contributed by atoms with E-state index in [4.69, 9.17) is 28.9 Å². The zero-order valence-electron chi connectivity index (χ0n) is 18.4. The lowest BCUT2D eigenvalue weighted by Crippen LogP contribution is -2.72. The molecule has 1 saturated heterocycles. The van der Waals surface area contributed by atoms with Crippen molar-refractivity contribution in [1.29, 1.82) is 0 Å². The lowest BCUT2D eigenvalue weighted by atomic mass is 9.87. The molecule has 6 nitrogen and oxygen atoms in total. The number of primary amides is 1. The van der Waals surface area contributed by atoms with Crippen LogP contribution in [0.5, 0.6) is 0 Å². The quantitative estimate of drug-likeness (QED) is 0.483. The van der Waals surface area contributed by atoms with Gasteiger partial charge in [-0.1, -0.05) is 47.5 Å². The Morgan fingerprint density at radius 3 is 1.83 bits per heavy atom. The number of benzene rings is 3. The van der Waals surface area contributed by atoms with Crippen LogP contribution >= 0.6 is 23.2 Å². The highest BCUT2D eigenvalue weighted by atomic mass is 35.5. The number of nitrogens with two attached hydrogens (primary N) is 1. The van der Waals surface area contributed by atoms with Gasteiger partial charge in [0.2, 0.25) is 15.9 Å². The summed E-state index contributed by atoms with van der Waals surface area (Å²) >= 11 is 12.1. The summed E-state index contributed by atoms with van der Waals surface area (Å²) < 4.78 is 54.2. The molecular formula is C24H21Cl2F2N3O3S. The van der Waals surface area contributed by atoms with Gasteiger partial charge in [-0.3, -0.25) is 14.0 Å². The van der Waals surface area contributed by atoms with Gasteiger partial charge in [0, 0.05) is 22.7 Å². The van der Waals surface area contributed by atoms with Gasteiger partial charge in [0.05, 0.1) is 24.0 Å². The Labute approximate surface area is 211 Å². The smallest absolute Gasteiger partial charge is 0.237 e. The fourth-order valence-electron chi connectivity index (χ4n) is 4.49. The maximum Gasteiger partial charge on any atom is 0.237 e. The molecule has 1 aliphatic rings. The Bertz CT molecular complexity index is 1290. The van der Waals surface area contributed by atoms with Crippen LogP contribution in [0.25, 0.3) is 0 Å². The van der Waals surface area contributed by atoms with Crippen molar-refractivity contribution < 1.29 is 22.0 Å². The number of halogens is 4. The lowest BCUT2D eigenvalue weighted by molar-refractivity contribution is -0.130. The molecular weight excluding hydrogens is 519 g/mol. The molecule has 2 unspecified atom stereocenters. The molecule has 35 heavy (non-hydrogen) atoms. The van der Waals surface area contributed by atoms with Gasteiger partial charge in [0.15, 0.2) is 0 Å². The number of carbonyl (C=O) groups is 1. The first-order valence-corrected chi connectivity index (χ1v) is 13.1.